The third-order valence-electron chi connectivity index (χ3n) is 15.5. The Bertz CT molecular complexity index is 2800. The normalized spacial score (nSPS) is 26.4. The number of phenolic OH excluding ortho intramolecular Hbond substituents is 1. The second-order valence-corrected chi connectivity index (χ2v) is 21.7. The lowest BCUT2D eigenvalue weighted by atomic mass is 9.66. The summed E-state index contributed by atoms with van der Waals surface area (Å²) in [7, 11) is 7.05. The Morgan fingerprint density at radius 3 is 2.20 bits per heavy atom. The monoisotopic (exact) mass is 1120 g/mol. The van der Waals surface area contributed by atoms with E-state index in [1.165, 1.54) is 51.9 Å². The van der Waals surface area contributed by atoms with Crippen LogP contribution in [0, 0.1) is 11.8 Å². The van der Waals surface area contributed by atoms with Crippen molar-refractivity contribution in [3.63, 3.8) is 0 Å². The largest absolute Gasteiger partial charge is 0.502 e. The fourth-order valence-electron chi connectivity index (χ4n) is 11.4. The van der Waals surface area contributed by atoms with Crippen LogP contribution in [0.4, 0.5) is 0 Å². The number of phenols is 1. The van der Waals surface area contributed by atoms with Crippen LogP contribution in [0.3, 0.4) is 0 Å². The summed E-state index contributed by atoms with van der Waals surface area (Å²) in [5, 5.41) is 36.8. The number of ether oxygens (including phenoxy) is 10. The maximum Gasteiger partial charge on any atom is 0.338 e. The number of halogens is 1. The van der Waals surface area contributed by atoms with Crippen molar-refractivity contribution in [3.05, 3.63) is 142 Å². The van der Waals surface area contributed by atoms with Gasteiger partial charge in [-0.15, -0.1) is 0 Å². The molecule has 4 fully saturated rings. The number of nitrogens with zero attached hydrogens (tertiary/aromatic N) is 2. The van der Waals surface area contributed by atoms with Crippen LogP contribution in [0.5, 0.6) is 28.7 Å². The van der Waals surface area contributed by atoms with Gasteiger partial charge in [0.1, 0.15) is 30.5 Å². The van der Waals surface area contributed by atoms with Gasteiger partial charge in [-0.3, -0.25) is 9.78 Å². The first-order valence-electron chi connectivity index (χ1n) is 27.5. The number of cyclic esters (lactones) is 1. The second kappa shape index (κ2) is 27.1. The van der Waals surface area contributed by atoms with E-state index >= 15 is 0 Å². The van der Waals surface area contributed by atoms with Gasteiger partial charge in [0.25, 0.3) is 0 Å². The number of hydrogen-bond donors (Lipinski definition) is 4. The van der Waals surface area contributed by atoms with Gasteiger partial charge in [0, 0.05) is 47.3 Å². The van der Waals surface area contributed by atoms with E-state index < -0.39 is 66.8 Å². The molecule has 0 radical (unpaired) electrons. The third-order valence-corrected chi connectivity index (χ3v) is 15.8. The molecule has 2 unspecified atom stereocenters. The van der Waals surface area contributed by atoms with Crippen molar-refractivity contribution in [1.29, 1.82) is 0 Å². The highest BCUT2D eigenvalue weighted by atomic mass is 35.5. The molecule has 0 spiro atoms. The van der Waals surface area contributed by atoms with Crippen LogP contribution >= 0.6 is 11.6 Å². The zero-order valence-electron chi connectivity index (χ0n) is 46.1. The zero-order valence-corrected chi connectivity index (χ0v) is 46.9. The molecule has 18 nitrogen and oxygen atoms in total. The number of benzene rings is 4. The minimum Gasteiger partial charge on any atom is -0.502 e. The SMILES string of the molecule is CC(CNC1CCCCC1)OC(=O)c1ccccc1.CN(C)CCC(c1ccc(Cl)cc1)c1ccccn1.COc1cc([C@@H]2c3cc4c(cc3[C@@H](O[C@@H]3O[C@@H]5CO[C@@H](C)O[C@H]5[C@H](O)[C@H]3O)[C@H]3COC(=O)[C@H]23)OCO4)cc(OC)c1O. The summed E-state index contributed by atoms with van der Waals surface area (Å²) < 4.78 is 57.0. The van der Waals surface area contributed by atoms with E-state index in [0.717, 1.165) is 30.2 Å². The van der Waals surface area contributed by atoms with Crippen molar-refractivity contribution >= 4 is 23.5 Å². The van der Waals surface area contributed by atoms with E-state index in [0.29, 0.717) is 45.7 Å². The third kappa shape index (κ3) is 13.8. The quantitative estimate of drug-likeness (QED) is 0.0725. The Morgan fingerprint density at radius 2 is 1.54 bits per heavy atom. The van der Waals surface area contributed by atoms with Crippen LogP contribution in [0.15, 0.2) is 103 Å². The molecule has 4 aromatic carbocycles. The second-order valence-electron chi connectivity index (χ2n) is 21.3. The molecule has 0 bridgehead atoms. The van der Waals surface area contributed by atoms with E-state index in [4.69, 9.17) is 59.0 Å². The van der Waals surface area contributed by atoms with E-state index in [2.05, 4.69) is 47.5 Å². The number of esters is 2. The molecule has 1 aromatic heterocycles. The summed E-state index contributed by atoms with van der Waals surface area (Å²) in [6, 6.07) is 30.9. The molecule has 80 heavy (non-hydrogen) atoms. The first kappa shape index (κ1) is 58.6. The summed E-state index contributed by atoms with van der Waals surface area (Å²) >= 11 is 5.97. The number of aliphatic hydroxyl groups excluding tert-OH is 2. The Kier molecular flexibility index (Phi) is 19.9. The summed E-state index contributed by atoms with van der Waals surface area (Å²) in [5.74, 6) is -0.942. The number of aromatic hydroxyl groups is 1. The van der Waals surface area contributed by atoms with E-state index in [-0.39, 0.29) is 49.3 Å². The number of hydrogen-bond acceptors (Lipinski definition) is 18. The van der Waals surface area contributed by atoms with Gasteiger partial charge in [0.15, 0.2) is 35.6 Å². The molecule has 12 atom stereocenters. The summed E-state index contributed by atoms with van der Waals surface area (Å²) in [4.78, 5) is 31.9. The topological polar surface area (TPSA) is 215 Å². The number of aromatic nitrogens is 1. The molecule has 11 rings (SSSR count). The van der Waals surface area contributed by atoms with E-state index in [1.54, 1.807) is 43.3 Å². The molecule has 5 aromatic rings. The maximum absolute atomic E-state index is 13.4. The predicted molar refractivity (Wildman–Crippen MR) is 295 cm³/mol. The standard InChI is InChI=1S/C29H32O13.C16H19ClN2.C16H23NO2/c1-11-36-9-20-27(40-11)24(31)25(32)29(41-20)42-26-14-7-17-16(38-10-39-17)6-13(14)21(22-15(26)8-37-28(22)33)12-4-18(34-2)23(30)19(5-12)35-3;1-19(2)12-10-15(16-5-3-4-11-18-16)13-6-8-14(17)9-7-13;1-13(12-17-15-10-6-3-7-11-15)19-16(18)14-8-4-2-5-9-14/h4-7,11,15,20-22,24-27,29-32H,8-10H2,1-3H3;3-9,11,15H,10,12H2,1-2H3;2,4-5,8-9,13,15,17H,3,6-7,10-12H2,1H3/t11-,15+,20-,21-,22+,24-,25-,26-,27-,29+;;/m1../s1. The van der Waals surface area contributed by atoms with Crippen molar-refractivity contribution in [2.45, 2.75) is 119 Å². The summed E-state index contributed by atoms with van der Waals surface area (Å²) in [6.45, 7) is 5.64. The van der Waals surface area contributed by atoms with Crippen LogP contribution in [-0.2, 0) is 33.2 Å². The number of methoxy groups -OCH3 is 2. The smallest absolute Gasteiger partial charge is 0.338 e. The Balaban J connectivity index is 0.000000169. The van der Waals surface area contributed by atoms with Crippen molar-refractivity contribution in [3.8, 4) is 28.7 Å². The number of fused-ring (bicyclic) bond motifs is 4. The van der Waals surface area contributed by atoms with Gasteiger partial charge in [0.05, 0.1) is 45.0 Å². The van der Waals surface area contributed by atoms with E-state index in [9.17, 15) is 24.9 Å². The molecule has 5 heterocycles. The molecule has 3 saturated heterocycles. The van der Waals surface area contributed by atoms with Gasteiger partial charge >= 0.3 is 11.9 Å². The highest BCUT2D eigenvalue weighted by molar-refractivity contribution is 6.30. The predicted octanol–water partition coefficient (Wildman–Crippen LogP) is 8.31. The maximum atomic E-state index is 13.4. The molecule has 0 amide bonds. The van der Waals surface area contributed by atoms with Crippen LogP contribution < -0.4 is 24.3 Å². The number of carbonyl (C=O) groups excluding carboxylic acids is 2. The molecule has 2 aliphatic carbocycles. The lowest BCUT2D eigenvalue weighted by Crippen LogP contribution is -2.63. The first-order chi connectivity index (χ1) is 38.7. The molecular weight excluding hydrogens is 1050 g/mol. The minimum atomic E-state index is -1.44. The van der Waals surface area contributed by atoms with Crippen molar-refractivity contribution in [2.24, 2.45) is 11.8 Å². The molecule has 4 aliphatic heterocycles. The van der Waals surface area contributed by atoms with Crippen LogP contribution in [0.1, 0.15) is 109 Å². The molecular formula is C61H74ClN3O15. The first-order valence-corrected chi connectivity index (χ1v) is 27.9. The van der Waals surface area contributed by atoms with Crippen LogP contribution in [0.25, 0.3) is 0 Å². The molecule has 4 N–H and O–H groups in total. The number of carbonyl (C=O) groups is 2. The van der Waals surface area contributed by atoms with E-state index in [1.807, 2.05) is 55.6 Å². The number of pyridine rings is 1. The van der Waals surface area contributed by atoms with Gasteiger partial charge in [-0.1, -0.05) is 67.3 Å². The number of rotatable bonds is 15. The van der Waals surface area contributed by atoms with Crippen molar-refractivity contribution in [2.75, 3.05) is 61.4 Å². The summed E-state index contributed by atoms with van der Waals surface area (Å²) in [6.07, 6.45) is 2.50. The lowest BCUT2D eigenvalue weighted by Gasteiger charge is -2.47. The molecule has 19 heteroatoms. The van der Waals surface area contributed by atoms with Gasteiger partial charge < -0.3 is 72.9 Å². The zero-order chi connectivity index (χ0) is 56.5. The molecule has 430 valence electrons. The molecule has 1 saturated carbocycles. The van der Waals surface area contributed by atoms with Crippen LogP contribution in [-0.4, -0.2) is 148 Å². The highest BCUT2D eigenvalue weighted by Crippen LogP contribution is 2.57. The minimum absolute atomic E-state index is 0.0301. The Hall–Kier alpha value is -6.06. The summed E-state index contributed by atoms with van der Waals surface area (Å²) in [5.41, 5.74) is 5.02. The average Bonchev–Trinajstić information content (AvgIpc) is 4.15. The van der Waals surface area contributed by atoms with Crippen LogP contribution in [0.2, 0.25) is 5.02 Å². The fraction of sp³-hybridized carbons (Fsp3) is 0.492. The average molecular weight is 1120 g/mol. The molecule has 6 aliphatic rings. The lowest BCUT2D eigenvalue weighted by molar-refractivity contribution is -0.364. The van der Waals surface area contributed by atoms with Gasteiger partial charge in [-0.2, -0.15) is 0 Å². The highest BCUT2D eigenvalue weighted by Gasteiger charge is 2.56. The Morgan fingerprint density at radius 1 is 0.850 bits per heavy atom. The Labute approximate surface area is 472 Å². The fourth-order valence-corrected chi connectivity index (χ4v) is 11.5. The van der Waals surface area contributed by atoms with Gasteiger partial charge in [-0.05, 0) is 137 Å². The number of aliphatic hydroxyl groups is 2. The van der Waals surface area contributed by atoms with Gasteiger partial charge in [-0.25, -0.2) is 4.79 Å². The van der Waals surface area contributed by atoms with Crippen molar-refractivity contribution < 1.29 is 72.3 Å². The number of nitrogens with one attached hydrogen (secondary N) is 1. The van der Waals surface area contributed by atoms with Gasteiger partial charge in [0.2, 0.25) is 12.5 Å². The van der Waals surface area contributed by atoms with Crippen molar-refractivity contribution in [1.82, 2.24) is 15.2 Å².